The number of nitrogens with one attached hydrogen (secondary N) is 3. The zero-order chi connectivity index (χ0) is 21.7. The molecule has 3 aromatic carbocycles. The molecule has 0 aliphatic carbocycles. The van der Waals surface area contributed by atoms with E-state index in [9.17, 15) is 13.2 Å². The van der Waals surface area contributed by atoms with Crippen molar-refractivity contribution < 1.29 is 13.2 Å². The topological polar surface area (TPSA) is 87.3 Å². The predicted octanol–water partition coefficient (Wildman–Crippen LogP) is 4.23. The minimum atomic E-state index is -3.99. The molecule has 154 valence electrons. The molecule has 0 spiro atoms. The quantitative estimate of drug-likeness (QED) is 0.516. The zero-order valence-electron chi connectivity index (χ0n) is 16.5. The third-order valence-corrected chi connectivity index (χ3v) is 5.82. The first kappa shape index (κ1) is 21.5. The van der Waals surface area contributed by atoms with Gasteiger partial charge in [0.1, 0.15) is 0 Å². The van der Waals surface area contributed by atoms with E-state index in [1.807, 2.05) is 38.1 Å². The third kappa shape index (κ3) is 5.65. The van der Waals surface area contributed by atoms with Crippen molar-refractivity contribution in [3.05, 3.63) is 89.5 Å². The van der Waals surface area contributed by atoms with E-state index in [4.69, 9.17) is 12.2 Å². The highest BCUT2D eigenvalue weighted by molar-refractivity contribution is 7.90. The Hall–Kier alpha value is -3.23. The zero-order valence-corrected chi connectivity index (χ0v) is 18.1. The number of anilines is 2. The van der Waals surface area contributed by atoms with Crippen LogP contribution in [-0.2, 0) is 10.0 Å². The van der Waals surface area contributed by atoms with Gasteiger partial charge in [0.15, 0.2) is 5.11 Å². The van der Waals surface area contributed by atoms with E-state index in [0.29, 0.717) is 10.8 Å². The molecule has 1 amide bonds. The van der Waals surface area contributed by atoms with Crippen LogP contribution in [0.15, 0.2) is 77.7 Å². The number of benzene rings is 3. The van der Waals surface area contributed by atoms with E-state index >= 15 is 0 Å². The first-order valence-corrected chi connectivity index (χ1v) is 11.0. The number of carbonyl (C=O) groups excluding carboxylic acids is 1. The Labute approximate surface area is 181 Å². The molecule has 3 aromatic rings. The van der Waals surface area contributed by atoms with Gasteiger partial charge in [-0.2, -0.15) is 0 Å². The third-order valence-electron chi connectivity index (χ3n) is 4.27. The SMILES string of the molecule is Cc1ccc(NC(=S)Nc2ccc(S(=O)(=O)NC(=O)c3ccc(C)cc3)cc2)cc1. The van der Waals surface area contributed by atoms with Crippen molar-refractivity contribution in [1.29, 1.82) is 0 Å². The first-order chi connectivity index (χ1) is 14.2. The van der Waals surface area contributed by atoms with Gasteiger partial charge in [0.05, 0.1) is 4.90 Å². The van der Waals surface area contributed by atoms with Crippen LogP contribution in [0.5, 0.6) is 0 Å². The van der Waals surface area contributed by atoms with Crippen LogP contribution in [-0.4, -0.2) is 19.4 Å². The second kappa shape index (κ2) is 9.06. The average Bonchev–Trinajstić information content (AvgIpc) is 2.70. The summed E-state index contributed by atoms with van der Waals surface area (Å²) in [4.78, 5) is 12.2. The van der Waals surface area contributed by atoms with Gasteiger partial charge in [0.25, 0.3) is 15.9 Å². The van der Waals surface area contributed by atoms with Crippen LogP contribution in [0.2, 0.25) is 0 Å². The van der Waals surface area contributed by atoms with Crippen molar-refractivity contribution in [1.82, 2.24) is 4.72 Å². The number of aryl methyl sites for hydroxylation is 2. The van der Waals surface area contributed by atoms with Gasteiger partial charge < -0.3 is 10.6 Å². The Bertz CT molecular complexity index is 1160. The van der Waals surface area contributed by atoms with Gasteiger partial charge >= 0.3 is 0 Å². The van der Waals surface area contributed by atoms with E-state index in [2.05, 4.69) is 15.4 Å². The maximum absolute atomic E-state index is 12.5. The molecule has 30 heavy (non-hydrogen) atoms. The monoisotopic (exact) mass is 439 g/mol. The van der Waals surface area contributed by atoms with Crippen molar-refractivity contribution in [3.63, 3.8) is 0 Å². The van der Waals surface area contributed by atoms with Crippen LogP contribution >= 0.6 is 12.2 Å². The Balaban J connectivity index is 1.63. The summed E-state index contributed by atoms with van der Waals surface area (Å²) < 4.78 is 27.1. The molecule has 0 unspecified atom stereocenters. The molecule has 0 aromatic heterocycles. The average molecular weight is 440 g/mol. The fourth-order valence-electron chi connectivity index (χ4n) is 2.59. The van der Waals surface area contributed by atoms with Crippen molar-refractivity contribution in [2.45, 2.75) is 18.7 Å². The standard InChI is InChI=1S/C22H21N3O3S2/c1-15-3-7-17(8-4-15)21(26)25-30(27,28)20-13-11-19(12-14-20)24-22(29)23-18-9-5-16(2)6-10-18/h3-14H,1-2H3,(H,25,26)(H2,23,24,29). The summed E-state index contributed by atoms with van der Waals surface area (Å²) in [7, 11) is -3.99. The van der Waals surface area contributed by atoms with Crippen molar-refractivity contribution in [2.24, 2.45) is 0 Å². The summed E-state index contributed by atoms with van der Waals surface area (Å²) in [5, 5.41) is 6.43. The number of hydrogen-bond acceptors (Lipinski definition) is 4. The van der Waals surface area contributed by atoms with Crippen LogP contribution < -0.4 is 15.4 Å². The highest BCUT2D eigenvalue weighted by atomic mass is 32.2. The van der Waals surface area contributed by atoms with Crippen LogP contribution in [0.4, 0.5) is 11.4 Å². The molecule has 0 aliphatic rings. The molecular formula is C22H21N3O3S2. The maximum Gasteiger partial charge on any atom is 0.264 e. The summed E-state index contributed by atoms with van der Waals surface area (Å²) in [6, 6.07) is 20.4. The molecule has 0 radical (unpaired) electrons. The predicted molar refractivity (Wildman–Crippen MR) is 123 cm³/mol. The highest BCUT2D eigenvalue weighted by Gasteiger charge is 2.18. The maximum atomic E-state index is 12.5. The van der Waals surface area contributed by atoms with Gasteiger partial charge in [-0.1, -0.05) is 35.4 Å². The molecule has 0 fully saturated rings. The van der Waals surface area contributed by atoms with Gasteiger partial charge in [-0.3, -0.25) is 4.79 Å². The lowest BCUT2D eigenvalue weighted by molar-refractivity contribution is 0.0981. The van der Waals surface area contributed by atoms with E-state index in [0.717, 1.165) is 16.8 Å². The Morgan fingerprint density at radius 1 is 0.733 bits per heavy atom. The largest absolute Gasteiger partial charge is 0.332 e. The molecule has 0 heterocycles. The number of carbonyl (C=O) groups is 1. The molecule has 6 nitrogen and oxygen atoms in total. The van der Waals surface area contributed by atoms with Gasteiger partial charge in [0.2, 0.25) is 0 Å². The summed E-state index contributed by atoms with van der Waals surface area (Å²) >= 11 is 5.28. The van der Waals surface area contributed by atoms with Gasteiger partial charge in [-0.25, -0.2) is 13.1 Å². The van der Waals surface area contributed by atoms with Crippen LogP contribution in [0.1, 0.15) is 21.5 Å². The summed E-state index contributed by atoms with van der Waals surface area (Å²) in [6.45, 7) is 3.88. The Morgan fingerprint density at radius 3 is 1.67 bits per heavy atom. The second-order valence-corrected chi connectivity index (χ2v) is 8.86. The van der Waals surface area contributed by atoms with Crippen molar-refractivity contribution >= 4 is 44.6 Å². The van der Waals surface area contributed by atoms with E-state index < -0.39 is 15.9 Å². The second-order valence-electron chi connectivity index (χ2n) is 6.77. The molecule has 3 N–H and O–H groups in total. The fourth-order valence-corrected chi connectivity index (χ4v) is 3.80. The number of amides is 1. The number of sulfonamides is 1. The molecule has 0 bridgehead atoms. The lowest BCUT2D eigenvalue weighted by Gasteiger charge is -2.12. The van der Waals surface area contributed by atoms with Gasteiger partial charge in [-0.15, -0.1) is 0 Å². The minimum Gasteiger partial charge on any atom is -0.332 e. The normalized spacial score (nSPS) is 10.9. The lowest BCUT2D eigenvalue weighted by Crippen LogP contribution is -2.30. The Morgan fingerprint density at radius 2 is 1.17 bits per heavy atom. The highest BCUT2D eigenvalue weighted by Crippen LogP contribution is 2.16. The number of hydrogen-bond donors (Lipinski definition) is 3. The van der Waals surface area contributed by atoms with Gasteiger partial charge in [-0.05, 0) is 74.6 Å². The molecule has 0 saturated heterocycles. The van der Waals surface area contributed by atoms with Crippen LogP contribution in [0.25, 0.3) is 0 Å². The van der Waals surface area contributed by atoms with Crippen molar-refractivity contribution in [2.75, 3.05) is 10.6 Å². The first-order valence-electron chi connectivity index (χ1n) is 9.11. The summed E-state index contributed by atoms with van der Waals surface area (Å²) in [5.74, 6) is -0.680. The lowest BCUT2D eigenvalue weighted by atomic mass is 10.1. The van der Waals surface area contributed by atoms with Crippen LogP contribution in [0.3, 0.4) is 0 Å². The molecule has 0 saturated carbocycles. The molecule has 0 atom stereocenters. The smallest absolute Gasteiger partial charge is 0.264 e. The molecular weight excluding hydrogens is 418 g/mol. The van der Waals surface area contributed by atoms with Gasteiger partial charge in [0, 0.05) is 16.9 Å². The van der Waals surface area contributed by atoms with E-state index in [1.54, 1.807) is 36.4 Å². The van der Waals surface area contributed by atoms with Crippen molar-refractivity contribution in [3.8, 4) is 0 Å². The summed E-state index contributed by atoms with van der Waals surface area (Å²) in [5.41, 5.74) is 3.85. The minimum absolute atomic E-state index is 0.0223. The molecule has 0 aliphatic heterocycles. The molecule has 8 heteroatoms. The molecule has 3 rings (SSSR count). The van der Waals surface area contributed by atoms with Crippen LogP contribution in [0, 0.1) is 13.8 Å². The van der Waals surface area contributed by atoms with E-state index in [1.165, 1.54) is 12.1 Å². The van der Waals surface area contributed by atoms with E-state index in [-0.39, 0.29) is 10.5 Å². The summed E-state index contributed by atoms with van der Waals surface area (Å²) in [6.07, 6.45) is 0. The number of rotatable bonds is 5. The number of thiocarbonyl (C=S) groups is 1. The Kier molecular flexibility index (Phi) is 6.49. The fraction of sp³-hybridized carbons (Fsp3) is 0.0909.